The highest BCUT2D eigenvalue weighted by atomic mass is 35.5. The number of halogens is 1. The van der Waals surface area contributed by atoms with Crippen LogP contribution in [0.3, 0.4) is 0 Å². The average molecular weight is 215 g/mol. The molecule has 1 saturated carbocycles. The van der Waals surface area contributed by atoms with E-state index >= 15 is 0 Å². The summed E-state index contributed by atoms with van der Waals surface area (Å²) in [4.78, 5) is 1.36. The highest BCUT2D eigenvalue weighted by Gasteiger charge is 2.23. The lowest BCUT2D eigenvalue weighted by Crippen LogP contribution is -2.11. The minimum absolute atomic E-state index is 0.278. The average Bonchev–Trinajstić information content (AvgIpc) is 2.71. The van der Waals surface area contributed by atoms with Crippen LogP contribution in [0.15, 0.2) is 17.5 Å². The van der Waals surface area contributed by atoms with Crippen molar-refractivity contribution in [2.75, 3.05) is 0 Å². The molecule has 2 rings (SSSR count). The van der Waals surface area contributed by atoms with Crippen molar-refractivity contribution >= 4 is 22.9 Å². The van der Waals surface area contributed by atoms with Crippen molar-refractivity contribution in [1.82, 2.24) is 0 Å². The summed E-state index contributed by atoms with van der Waals surface area (Å²) in [7, 11) is 0. The predicted molar refractivity (Wildman–Crippen MR) is 59.5 cm³/mol. The van der Waals surface area contributed by atoms with Crippen molar-refractivity contribution in [1.29, 1.82) is 0 Å². The summed E-state index contributed by atoms with van der Waals surface area (Å²) >= 11 is 8.23. The summed E-state index contributed by atoms with van der Waals surface area (Å²) < 4.78 is 0. The Hall–Kier alpha value is -0.0100. The SMILES string of the molecule is ClC(c1cccs1)C1CCCCC1. The highest BCUT2D eigenvalue weighted by Crippen LogP contribution is 2.40. The Labute approximate surface area is 88.9 Å². The molecule has 0 N–H and O–H groups in total. The van der Waals surface area contributed by atoms with Crippen molar-refractivity contribution in [2.45, 2.75) is 37.5 Å². The third-order valence-corrected chi connectivity index (χ3v) is 4.55. The first-order valence-electron chi connectivity index (χ1n) is 5.05. The molecule has 1 fully saturated rings. The summed E-state index contributed by atoms with van der Waals surface area (Å²) in [6.45, 7) is 0. The van der Waals surface area contributed by atoms with E-state index in [1.807, 2.05) is 0 Å². The lowest BCUT2D eigenvalue weighted by molar-refractivity contribution is 0.350. The topological polar surface area (TPSA) is 0 Å². The first-order valence-corrected chi connectivity index (χ1v) is 6.37. The van der Waals surface area contributed by atoms with E-state index in [0.29, 0.717) is 0 Å². The molecule has 1 aromatic heterocycles. The fraction of sp³-hybridized carbons (Fsp3) is 0.636. The smallest absolute Gasteiger partial charge is 0.0706 e. The molecular weight excluding hydrogens is 200 g/mol. The minimum Gasteiger partial charge on any atom is -0.147 e. The van der Waals surface area contributed by atoms with Crippen molar-refractivity contribution in [2.24, 2.45) is 5.92 Å². The molecule has 1 aliphatic rings. The zero-order valence-electron chi connectivity index (χ0n) is 7.71. The largest absolute Gasteiger partial charge is 0.147 e. The molecule has 0 radical (unpaired) electrons. The Kier molecular flexibility index (Phi) is 3.28. The predicted octanol–water partition coefficient (Wildman–Crippen LogP) is 4.61. The van der Waals surface area contributed by atoms with Crippen molar-refractivity contribution < 1.29 is 0 Å². The summed E-state index contributed by atoms with van der Waals surface area (Å²) in [6.07, 6.45) is 6.81. The van der Waals surface area contributed by atoms with Crippen LogP contribution in [0.4, 0.5) is 0 Å². The molecule has 0 bridgehead atoms. The molecule has 72 valence electrons. The van der Waals surface area contributed by atoms with Gasteiger partial charge in [0, 0.05) is 4.88 Å². The van der Waals surface area contributed by atoms with Crippen LogP contribution in [0.25, 0.3) is 0 Å². The van der Waals surface area contributed by atoms with Gasteiger partial charge >= 0.3 is 0 Å². The van der Waals surface area contributed by atoms with Crippen LogP contribution in [0.1, 0.15) is 42.4 Å². The van der Waals surface area contributed by atoms with Crippen LogP contribution in [0, 0.1) is 5.92 Å². The van der Waals surface area contributed by atoms with Crippen molar-refractivity contribution in [3.05, 3.63) is 22.4 Å². The normalized spacial score (nSPS) is 21.6. The minimum atomic E-state index is 0.278. The lowest BCUT2D eigenvalue weighted by Gasteiger charge is -2.25. The van der Waals surface area contributed by atoms with Gasteiger partial charge in [-0.25, -0.2) is 0 Å². The zero-order valence-corrected chi connectivity index (χ0v) is 9.28. The standard InChI is InChI=1S/C11H15ClS/c12-11(10-7-4-8-13-10)9-5-2-1-3-6-9/h4,7-9,11H,1-3,5-6H2. The summed E-state index contributed by atoms with van der Waals surface area (Å²) in [5, 5.41) is 2.40. The maximum absolute atomic E-state index is 6.44. The van der Waals surface area contributed by atoms with Gasteiger partial charge < -0.3 is 0 Å². The van der Waals surface area contributed by atoms with E-state index in [1.54, 1.807) is 11.3 Å². The van der Waals surface area contributed by atoms with E-state index in [1.165, 1.54) is 37.0 Å². The van der Waals surface area contributed by atoms with Gasteiger partial charge in [0.15, 0.2) is 0 Å². The Morgan fingerprint density at radius 1 is 1.31 bits per heavy atom. The Bertz CT molecular complexity index is 237. The van der Waals surface area contributed by atoms with E-state index < -0.39 is 0 Å². The molecule has 13 heavy (non-hydrogen) atoms. The van der Waals surface area contributed by atoms with E-state index in [9.17, 15) is 0 Å². The molecule has 0 saturated heterocycles. The highest BCUT2D eigenvalue weighted by molar-refractivity contribution is 7.10. The van der Waals surface area contributed by atoms with Crippen molar-refractivity contribution in [3.8, 4) is 0 Å². The van der Waals surface area contributed by atoms with Gasteiger partial charge in [-0.1, -0.05) is 25.3 Å². The van der Waals surface area contributed by atoms with Gasteiger partial charge in [0.25, 0.3) is 0 Å². The van der Waals surface area contributed by atoms with E-state index in [-0.39, 0.29) is 5.38 Å². The molecule has 1 atom stereocenters. The Morgan fingerprint density at radius 3 is 2.69 bits per heavy atom. The summed E-state index contributed by atoms with van der Waals surface area (Å²) in [6, 6.07) is 4.26. The second kappa shape index (κ2) is 4.47. The molecule has 1 unspecified atom stereocenters. The molecule has 2 heteroatoms. The van der Waals surface area contributed by atoms with Crippen LogP contribution >= 0.6 is 22.9 Å². The fourth-order valence-corrected chi connectivity index (χ4v) is 3.38. The molecular formula is C11H15ClS. The van der Waals surface area contributed by atoms with E-state index in [2.05, 4.69) is 17.5 Å². The van der Waals surface area contributed by atoms with E-state index in [0.717, 1.165) is 5.92 Å². The zero-order chi connectivity index (χ0) is 9.10. The molecule has 1 aliphatic carbocycles. The molecule has 0 spiro atoms. The van der Waals surface area contributed by atoms with Gasteiger partial charge in [-0.3, -0.25) is 0 Å². The maximum atomic E-state index is 6.44. The molecule has 0 aromatic carbocycles. The van der Waals surface area contributed by atoms with Crippen molar-refractivity contribution in [3.63, 3.8) is 0 Å². The van der Waals surface area contributed by atoms with Gasteiger partial charge in [0.1, 0.15) is 0 Å². The Morgan fingerprint density at radius 2 is 2.08 bits per heavy atom. The third-order valence-electron chi connectivity index (χ3n) is 2.88. The van der Waals surface area contributed by atoms with Gasteiger partial charge in [-0.05, 0) is 30.2 Å². The van der Waals surface area contributed by atoms with E-state index in [4.69, 9.17) is 11.6 Å². The van der Waals surface area contributed by atoms with Crippen LogP contribution in [0.2, 0.25) is 0 Å². The maximum Gasteiger partial charge on any atom is 0.0706 e. The van der Waals surface area contributed by atoms with Gasteiger partial charge in [-0.2, -0.15) is 0 Å². The van der Waals surface area contributed by atoms with Crippen LogP contribution < -0.4 is 0 Å². The number of rotatable bonds is 2. The Balaban J connectivity index is 1.99. The van der Waals surface area contributed by atoms with Crippen LogP contribution in [0.5, 0.6) is 0 Å². The second-order valence-electron chi connectivity index (χ2n) is 3.82. The third kappa shape index (κ3) is 2.26. The van der Waals surface area contributed by atoms with Gasteiger partial charge in [0.2, 0.25) is 0 Å². The second-order valence-corrected chi connectivity index (χ2v) is 5.26. The summed E-state index contributed by atoms with van der Waals surface area (Å²) in [5.41, 5.74) is 0. The lowest BCUT2D eigenvalue weighted by atomic mass is 9.86. The fourth-order valence-electron chi connectivity index (χ4n) is 2.11. The molecule has 0 nitrogen and oxygen atoms in total. The number of thiophene rings is 1. The summed E-state index contributed by atoms with van der Waals surface area (Å²) in [5.74, 6) is 0.731. The molecule has 0 amide bonds. The number of hydrogen-bond acceptors (Lipinski definition) is 1. The first kappa shape index (κ1) is 9.54. The quantitative estimate of drug-likeness (QED) is 0.631. The van der Waals surface area contributed by atoms with Crippen LogP contribution in [-0.2, 0) is 0 Å². The van der Waals surface area contributed by atoms with Gasteiger partial charge in [0.05, 0.1) is 5.38 Å². The number of hydrogen-bond donors (Lipinski definition) is 0. The molecule has 1 aromatic rings. The number of alkyl halides is 1. The molecule has 1 heterocycles. The first-order chi connectivity index (χ1) is 6.38. The van der Waals surface area contributed by atoms with Crippen LogP contribution in [-0.4, -0.2) is 0 Å². The van der Waals surface area contributed by atoms with Gasteiger partial charge in [-0.15, -0.1) is 22.9 Å². The molecule has 0 aliphatic heterocycles. The monoisotopic (exact) mass is 214 g/mol.